The Morgan fingerprint density at radius 1 is 1.46 bits per heavy atom. The highest BCUT2D eigenvalue weighted by Crippen LogP contribution is 2.43. The molecule has 2 fully saturated rings. The number of aliphatic hydroxyl groups is 1. The van der Waals surface area contributed by atoms with E-state index in [4.69, 9.17) is 4.74 Å². The molecule has 0 spiro atoms. The fourth-order valence-electron chi connectivity index (χ4n) is 2.40. The Hall–Kier alpha value is -0.610. The topological polar surface area (TPSA) is 55.8 Å². The number of ether oxygens (including phenoxy) is 2. The van der Waals surface area contributed by atoms with Crippen LogP contribution in [0.2, 0.25) is 0 Å². The van der Waals surface area contributed by atoms with Gasteiger partial charge in [-0.3, -0.25) is 0 Å². The molecule has 2 unspecified atom stereocenters. The average molecular weight is 186 g/mol. The molecule has 1 heterocycles. The maximum absolute atomic E-state index is 11.3. The van der Waals surface area contributed by atoms with Crippen molar-refractivity contribution in [3.05, 3.63) is 0 Å². The standard InChI is InChI=1S/C9H14O4/c1-12-8(10)9(11)2-6-4-13-5-7(6)3-9/h6-7,11H,2-5H2,1H3. The van der Waals surface area contributed by atoms with Crippen LogP contribution in [0.15, 0.2) is 0 Å². The molecule has 74 valence electrons. The summed E-state index contributed by atoms with van der Waals surface area (Å²) in [6.07, 6.45) is 0.981. The number of carbonyl (C=O) groups is 1. The first-order valence-corrected chi connectivity index (χ1v) is 4.54. The van der Waals surface area contributed by atoms with Crippen molar-refractivity contribution in [1.82, 2.24) is 0 Å². The molecule has 0 aromatic rings. The van der Waals surface area contributed by atoms with Crippen LogP contribution in [-0.2, 0) is 14.3 Å². The van der Waals surface area contributed by atoms with Gasteiger partial charge in [-0.15, -0.1) is 0 Å². The minimum absolute atomic E-state index is 0.337. The van der Waals surface area contributed by atoms with Crippen LogP contribution in [0.5, 0.6) is 0 Å². The van der Waals surface area contributed by atoms with Crippen LogP contribution in [0.25, 0.3) is 0 Å². The highest BCUT2D eigenvalue weighted by molar-refractivity contribution is 5.79. The van der Waals surface area contributed by atoms with E-state index in [0.29, 0.717) is 37.9 Å². The minimum atomic E-state index is -1.24. The van der Waals surface area contributed by atoms with E-state index in [1.165, 1.54) is 7.11 Å². The van der Waals surface area contributed by atoms with Crippen molar-refractivity contribution in [2.45, 2.75) is 18.4 Å². The molecule has 2 atom stereocenters. The number of methoxy groups -OCH3 is 1. The molecule has 0 aromatic heterocycles. The van der Waals surface area contributed by atoms with Crippen molar-refractivity contribution < 1.29 is 19.4 Å². The molecule has 2 rings (SSSR count). The molecule has 0 radical (unpaired) electrons. The maximum atomic E-state index is 11.3. The van der Waals surface area contributed by atoms with Crippen LogP contribution in [0.1, 0.15) is 12.8 Å². The molecule has 4 nitrogen and oxygen atoms in total. The SMILES string of the molecule is COC(=O)C1(O)CC2COCC2C1. The first-order chi connectivity index (χ1) is 6.15. The predicted molar refractivity (Wildman–Crippen MR) is 44.0 cm³/mol. The highest BCUT2D eigenvalue weighted by Gasteiger charge is 2.51. The van der Waals surface area contributed by atoms with Gasteiger partial charge >= 0.3 is 5.97 Å². The van der Waals surface area contributed by atoms with Gasteiger partial charge in [0.15, 0.2) is 5.60 Å². The predicted octanol–water partition coefficient (Wildman–Crippen LogP) is -0.0531. The lowest BCUT2D eigenvalue weighted by Crippen LogP contribution is -2.37. The third-order valence-electron chi connectivity index (χ3n) is 3.10. The molecular formula is C9H14O4. The lowest BCUT2D eigenvalue weighted by molar-refractivity contribution is -0.162. The molecule has 2 aliphatic rings. The molecule has 0 amide bonds. The fourth-order valence-corrected chi connectivity index (χ4v) is 2.40. The van der Waals surface area contributed by atoms with Crippen molar-refractivity contribution in [3.8, 4) is 0 Å². The summed E-state index contributed by atoms with van der Waals surface area (Å²) < 4.78 is 9.83. The summed E-state index contributed by atoms with van der Waals surface area (Å²) in [6, 6.07) is 0. The first kappa shape index (κ1) is 8.97. The Labute approximate surface area is 76.8 Å². The summed E-state index contributed by atoms with van der Waals surface area (Å²) in [5.41, 5.74) is -1.24. The summed E-state index contributed by atoms with van der Waals surface area (Å²) in [4.78, 5) is 11.3. The molecule has 1 N–H and O–H groups in total. The maximum Gasteiger partial charge on any atom is 0.337 e. The van der Waals surface area contributed by atoms with Gasteiger partial charge in [0.1, 0.15) is 0 Å². The Morgan fingerprint density at radius 2 is 2.00 bits per heavy atom. The Morgan fingerprint density at radius 3 is 2.46 bits per heavy atom. The molecule has 1 saturated heterocycles. The summed E-state index contributed by atoms with van der Waals surface area (Å²) in [7, 11) is 1.31. The zero-order chi connectivity index (χ0) is 9.47. The van der Waals surface area contributed by atoms with E-state index in [-0.39, 0.29) is 0 Å². The van der Waals surface area contributed by atoms with Crippen molar-refractivity contribution in [2.24, 2.45) is 11.8 Å². The molecule has 0 aromatic carbocycles. The zero-order valence-corrected chi connectivity index (χ0v) is 7.66. The third-order valence-corrected chi connectivity index (χ3v) is 3.10. The van der Waals surface area contributed by atoms with Gasteiger partial charge in [-0.2, -0.15) is 0 Å². The number of hydrogen-bond donors (Lipinski definition) is 1. The van der Waals surface area contributed by atoms with Gasteiger partial charge in [0, 0.05) is 13.2 Å². The number of hydrogen-bond acceptors (Lipinski definition) is 4. The van der Waals surface area contributed by atoms with E-state index in [1.54, 1.807) is 0 Å². The molecule has 0 bridgehead atoms. The van der Waals surface area contributed by atoms with Crippen LogP contribution in [0, 0.1) is 11.8 Å². The number of fused-ring (bicyclic) bond motifs is 1. The smallest absolute Gasteiger partial charge is 0.337 e. The number of rotatable bonds is 1. The van der Waals surface area contributed by atoms with Crippen LogP contribution in [-0.4, -0.2) is 37.0 Å². The van der Waals surface area contributed by atoms with Crippen LogP contribution in [0.3, 0.4) is 0 Å². The lowest BCUT2D eigenvalue weighted by atomic mass is 10.0. The van der Waals surface area contributed by atoms with E-state index < -0.39 is 11.6 Å². The molecule has 13 heavy (non-hydrogen) atoms. The molecule has 1 aliphatic heterocycles. The quantitative estimate of drug-likeness (QED) is 0.583. The Balaban J connectivity index is 2.08. The van der Waals surface area contributed by atoms with Gasteiger partial charge in [-0.1, -0.05) is 0 Å². The molecule has 1 saturated carbocycles. The first-order valence-electron chi connectivity index (χ1n) is 4.54. The van der Waals surface area contributed by atoms with Gasteiger partial charge in [0.25, 0.3) is 0 Å². The van der Waals surface area contributed by atoms with Crippen molar-refractivity contribution >= 4 is 5.97 Å². The molecule has 1 aliphatic carbocycles. The summed E-state index contributed by atoms with van der Waals surface area (Å²) in [5.74, 6) is 0.176. The lowest BCUT2D eigenvalue weighted by Gasteiger charge is -2.19. The molecular weight excluding hydrogens is 172 g/mol. The second-order valence-electron chi connectivity index (χ2n) is 3.99. The van der Waals surface area contributed by atoms with Gasteiger partial charge in [-0.25, -0.2) is 4.79 Å². The van der Waals surface area contributed by atoms with Gasteiger partial charge in [0.05, 0.1) is 7.11 Å². The summed E-state index contributed by atoms with van der Waals surface area (Å²) in [5, 5.41) is 9.94. The van der Waals surface area contributed by atoms with Crippen LogP contribution < -0.4 is 0 Å². The van der Waals surface area contributed by atoms with E-state index in [0.717, 1.165) is 0 Å². The second kappa shape index (κ2) is 2.96. The number of esters is 1. The normalized spacial score (nSPS) is 43.2. The van der Waals surface area contributed by atoms with Gasteiger partial charge in [0.2, 0.25) is 0 Å². The van der Waals surface area contributed by atoms with E-state index in [2.05, 4.69) is 4.74 Å². The fraction of sp³-hybridized carbons (Fsp3) is 0.889. The molecule has 4 heteroatoms. The van der Waals surface area contributed by atoms with E-state index in [1.807, 2.05) is 0 Å². The largest absolute Gasteiger partial charge is 0.467 e. The minimum Gasteiger partial charge on any atom is -0.467 e. The second-order valence-corrected chi connectivity index (χ2v) is 3.99. The van der Waals surface area contributed by atoms with Crippen molar-refractivity contribution in [2.75, 3.05) is 20.3 Å². The summed E-state index contributed by atoms with van der Waals surface area (Å²) >= 11 is 0. The Bertz CT molecular complexity index is 214. The Kier molecular flexibility index (Phi) is 2.04. The van der Waals surface area contributed by atoms with Crippen molar-refractivity contribution in [3.63, 3.8) is 0 Å². The average Bonchev–Trinajstić information content (AvgIpc) is 2.61. The van der Waals surface area contributed by atoms with Crippen LogP contribution >= 0.6 is 0 Å². The van der Waals surface area contributed by atoms with E-state index >= 15 is 0 Å². The van der Waals surface area contributed by atoms with Gasteiger partial charge < -0.3 is 14.6 Å². The highest BCUT2D eigenvalue weighted by atomic mass is 16.5. The van der Waals surface area contributed by atoms with Crippen LogP contribution in [0.4, 0.5) is 0 Å². The monoisotopic (exact) mass is 186 g/mol. The van der Waals surface area contributed by atoms with Crippen molar-refractivity contribution in [1.29, 1.82) is 0 Å². The van der Waals surface area contributed by atoms with E-state index in [9.17, 15) is 9.90 Å². The van der Waals surface area contributed by atoms with Gasteiger partial charge in [-0.05, 0) is 24.7 Å². The third kappa shape index (κ3) is 1.34. The number of carbonyl (C=O) groups excluding carboxylic acids is 1. The zero-order valence-electron chi connectivity index (χ0n) is 7.66. The summed E-state index contributed by atoms with van der Waals surface area (Å²) in [6.45, 7) is 1.34.